The van der Waals surface area contributed by atoms with E-state index in [1.165, 1.54) is 7.11 Å². The first kappa shape index (κ1) is 19.9. The lowest BCUT2D eigenvalue weighted by atomic mass is 9.69. The van der Waals surface area contributed by atoms with Crippen LogP contribution >= 0.6 is 15.9 Å². The number of methoxy groups -OCH3 is 1. The monoisotopic (exact) mass is 397 g/mol. The van der Waals surface area contributed by atoms with Crippen molar-refractivity contribution in [3.63, 3.8) is 0 Å². The SMILES string of the molecule is COC(=O)CC(C)(C)C(C#N)(O[Si](C)(C)C)c1ccc(Br)cc1. The number of nitriles is 1. The van der Waals surface area contributed by atoms with Gasteiger partial charge in [-0.05, 0) is 37.3 Å². The molecule has 0 fully saturated rings. The second-order valence-corrected chi connectivity index (χ2v) is 12.5. The summed E-state index contributed by atoms with van der Waals surface area (Å²) >= 11 is 3.41. The van der Waals surface area contributed by atoms with E-state index in [-0.39, 0.29) is 12.4 Å². The molecule has 0 aliphatic rings. The van der Waals surface area contributed by atoms with E-state index in [4.69, 9.17) is 9.16 Å². The van der Waals surface area contributed by atoms with Gasteiger partial charge in [0.2, 0.25) is 0 Å². The van der Waals surface area contributed by atoms with Crippen LogP contribution in [0.5, 0.6) is 0 Å². The third kappa shape index (κ3) is 4.66. The van der Waals surface area contributed by atoms with E-state index in [0.29, 0.717) is 0 Å². The topological polar surface area (TPSA) is 59.3 Å². The van der Waals surface area contributed by atoms with Gasteiger partial charge in [0.15, 0.2) is 13.9 Å². The lowest BCUT2D eigenvalue weighted by Gasteiger charge is -2.44. The molecule has 0 N–H and O–H groups in total. The van der Waals surface area contributed by atoms with Gasteiger partial charge in [-0.1, -0.05) is 41.9 Å². The second-order valence-electron chi connectivity index (χ2n) is 7.15. The van der Waals surface area contributed by atoms with Crippen molar-refractivity contribution in [3.05, 3.63) is 34.3 Å². The van der Waals surface area contributed by atoms with Crippen LogP contribution < -0.4 is 0 Å². The zero-order valence-electron chi connectivity index (χ0n) is 14.6. The Kier molecular flexibility index (Phi) is 6.19. The van der Waals surface area contributed by atoms with Crippen molar-refractivity contribution in [1.82, 2.24) is 0 Å². The molecule has 0 amide bonds. The van der Waals surface area contributed by atoms with E-state index in [1.54, 1.807) is 0 Å². The summed E-state index contributed by atoms with van der Waals surface area (Å²) in [6.45, 7) is 9.84. The number of carbonyl (C=O) groups excluding carboxylic acids is 1. The normalized spacial score (nSPS) is 14.7. The van der Waals surface area contributed by atoms with Crippen LogP contribution in [0.15, 0.2) is 28.7 Å². The number of hydrogen-bond donors (Lipinski definition) is 0. The van der Waals surface area contributed by atoms with E-state index >= 15 is 0 Å². The molecule has 1 rings (SSSR count). The summed E-state index contributed by atoms with van der Waals surface area (Å²) in [6, 6.07) is 9.86. The molecule has 1 aromatic rings. The molecule has 0 saturated carbocycles. The van der Waals surface area contributed by atoms with E-state index in [9.17, 15) is 10.1 Å². The summed E-state index contributed by atoms with van der Waals surface area (Å²) in [4.78, 5) is 11.9. The number of rotatable bonds is 6. The Morgan fingerprint density at radius 2 is 1.78 bits per heavy atom. The van der Waals surface area contributed by atoms with Crippen LogP contribution in [-0.4, -0.2) is 21.4 Å². The third-order valence-corrected chi connectivity index (χ3v) is 5.08. The maximum atomic E-state index is 11.9. The van der Waals surface area contributed by atoms with Gasteiger partial charge in [0, 0.05) is 9.89 Å². The van der Waals surface area contributed by atoms with E-state index < -0.39 is 19.3 Å². The molecule has 126 valence electrons. The highest BCUT2D eigenvalue weighted by Gasteiger charge is 2.51. The third-order valence-electron chi connectivity index (χ3n) is 3.63. The number of ether oxygens (including phenoxy) is 1. The van der Waals surface area contributed by atoms with Gasteiger partial charge in [-0.2, -0.15) is 5.26 Å². The fraction of sp³-hybridized carbons (Fsp3) is 0.529. The number of esters is 1. The molecule has 1 atom stereocenters. The van der Waals surface area contributed by atoms with Crippen LogP contribution in [0.25, 0.3) is 0 Å². The second kappa shape index (κ2) is 7.16. The summed E-state index contributed by atoms with van der Waals surface area (Å²) in [6.07, 6.45) is 0.0948. The summed E-state index contributed by atoms with van der Waals surface area (Å²) in [7, 11) is -0.715. The summed E-state index contributed by atoms with van der Waals surface area (Å²) < 4.78 is 12.1. The molecule has 4 nitrogen and oxygen atoms in total. The minimum atomic E-state index is -2.07. The summed E-state index contributed by atoms with van der Waals surface area (Å²) in [5, 5.41) is 10.1. The molecule has 1 unspecified atom stereocenters. The Hall–Kier alpha value is -1.16. The maximum absolute atomic E-state index is 11.9. The van der Waals surface area contributed by atoms with E-state index in [0.717, 1.165) is 10.0 Å². The molecule has 0 spiro atoms. The Balaban J connectivity index is 3.49. The van der Waals surface area contributed by atoms with Gasteiger partial charge in [0.1, 0.15) is 6.07 Å². The molecule has 0 bridgehead atoms. The fourth-order valence-corrected chi connectivity index (χ4v) is 4.15. The highest BCUT2D eigenvalue weighted by molar-refractivity contribution is 9.10. The van der Waals surface area contributed by atoms with Gasteiger partial charge >= 0.3 is 5.97 Å². The van der Waals surface area contributed by atoms with Crippen LogP contribution in [0.4, 0.5) is 0 Å². The summed E-state index contributed by atoms with van der Waals surface area (Å²) in [5.41, 5.74) is -1.21. The molecule has 0 aromatic heterocycles. The minimum absolute atomic E-state index is 0.0948. The smallest absolute Gasteiger partial charge is 0.306 e. The minimum Gasteiger partial charge on any atom is -0.469 e. The average Bonchev–Trinajstić information content (AvgIpc) is 2.43. The first-order valence-electron chi connectivity index (χ1n) is 7.42. The van der Waals surface area contributed by atoms with Gasteiger partial charge in [0.05, 0.1) is 13.5 Å². The summed E-state index contributed by atoms with van der Waals surface area (Å²) in [5.74, 6) is -0.356. The first-order chi connectivity index (χ1) is 10.5. The van der Waals surface area contributed by atoms with Crippen molar-refractivity contribution in [2.45, 2.75) is 45.5 Å². The number of benzene rings is 1. The van der Waals surface area contributed by atoms with Crippen LogP contribution in [0.1, 0.15) is 25.8 Å². The Labute approximate surface area is 148 Å². The highest BCUT2D eigenvalue weighted by Crippen LogP contribution is 2.47. The molecular weight excluding hydrogens is 374 g/mol. The lowest BCUT2D eigenvalue weighted by molar-refractivity contribution is -0.146. The number of halogens is 1. The first-order valence-corrected chi connectivity index (χ1v) is 11.6. The number of nitrogens with zero attached hydrogens (tertiary/aromatic N) is 1. The van der Waals surface area contributed by atoms with Crippen LogP contribution in [-0.2, 0) is 19.6 Å². The van der Waals surface area contributed by atoms with Crippen molar-refractivity contribution >= 4 is 30.2 Å². The molecule has 0 radical (unpaired) electrons. The molecule has 0 heterocycles. The van der Waals surface area contributed by atoms with E-state index in [1.807, 2.05) is 57.8 Å². The van der Waals surface area contributed by atoms with Crippen molar-refractivity contribution in [1.29, 1.82) is 5.26 Å². The highest BCUT2D eigenvalue weighted by atomic mass is 79.9. The van der Waals surface area contributed by atoms with E-state index in [2.05, 4.69) is 22.0 Å². The van der Waals surface area contributed by atoms with Crippen molar-refractivity contribution in [3.8, 4) is 6.07 Å². The largest absolute Gasteiger partial charge is 0.469 e. The molecule has 0 saturated heterocycles. The molecule has 0 aliphatic carbocycles. The number of carbonyl (C=O) groups is 1. The molecule has 23 heavy (non-hydrogen) atoms. The van der Waals surface area contributed by atoms with Crippen LogP contribution in [0, 0.1) is 16.7 Å². The average molecular weight is 398 g/mol. The molecular formula is C17H24BrNO3Si. The van der Waals surface area contributed by atoms with Crippen LogP contribution in [0.3, 0.4) is 0 Å². The molecule has 6 heteroatoms. The predicted octanol–water partition coefficient (Wildman–Crippen LogP) is 4.61. The van der Waals surface area contributed by atoms with Gasteiger partial charge < -0.3 is 9.16 Å². The molecule has 0 aliphatic heterocycles. The maximum Gasteiger partial charge on any atom is 0.306 e. The molecule has 1 aromatic carbocycles. The van der Waals surface area contributed by atoms with Crippen molar-refractivity contribution in [2.75, 3.05) is 7.11 Å². The van der Waals surface area contributed by atoms with Gasteiger partial charge in [0.25, 0.3) is 0 Å². The van der Waals surface area contributed by atoms with Crippen LogP contribution in [0.2, 0.25) is 19.6 Å². The Bertz CT molecular complexity index is 602. The quantitative estimate of drug-likeness (QED) is 0.519. The van der Waals surface area contributed by atoms with Gasteiger partial charge in [-0.15, -0.1) is 0 Å². The fourth-order valence-electron chi connectivity index (χ4n) is 2.53. The Morgan fingerprint density at radius 1 is 1.26 bits per heavy atom. The predicted molar refractivity (Wildman–Crippen MR) is 96.3 cm³/mol. The van der Waals surface area contributed by atoms with Gasteiger partial charge in [-0.3, -0.25) is 4.79 Å². The lowest BCUT2D eigenvalue weighted by Crippen LogP contribution is -2.50. The Morgan fingerprint density at radius 3 is 2.17 bits per heavy atom. The standard InChI is InChI=1S/C17H24BrNO3Si/c1-16(2,11-15(20)21-3)17(12-19,22-23(4,5)6)13-7-9-14(18)10-8-13/h7-10H,11H2,1-6H3. The zero-order valence-corrected chi connectivity index (χ0v) is 17.2. The van der Waals surface area contributed by atoms with Crippen molar-refractivity contribution in [2.24, 2.45) is 5.41 Å². The van der Waals surface area contributed by atoms with Crippen molar-refractivity contribution < 1.29 is 14.0 Å². The van der Waals surface area contributed by atoms with Gasteiger partial charge in [-0.25, -0.2) is 0 Å². The zero-order chi connectivity index (χ0) is 17.9. The number of hydrogen-bond acceptors (Lipinski definition) is 4.